The van der Waals surface area contributed by atoms with Crippen molar-refractivity contribution >= 4 is 37.5 Å². The van der Waals surface area contributed by atoms with Crippen molar-refractivity contribution in [2.24, 2.45) is 18.0 Å². The Balaban J connectivity index is 1.41. The molecule has 0 N–H and O–H groups in total. The average molecular weight is 488 g/mol. The number of carbonyl (C=O) groups excluding carboxylic acids is 1. The van der Waals surface area contributed by atoms with Crippen LogP contribution in [-0.4, -0.2) is 49.5 Å². The minimum absolute atomic E-state index is 0.142. The number of aryl methyl sites for hydroxylation is 2. The van der Waals surface area contributed by atoms with E-state index in [1.165, 1.54) is 15.6 Å². The molecule has 0 bridgehead atoms. The van der Waals surface area contributed by atoms with Gasteiger partial charge in [-0.25, -0.2) is 8.42 Å². The fraction of sp³-hybridized carbons (Fsp3) is 0.391. The maximum atomic E-state index is 13.1. The Morgan fingerprint density at radius 1 is 1.12 bits per heavy atom. The van der Waals surface area contributed by atoms with Crippen LogP contribution in [0.15, 0.2) is 46.3 Å². The first kappa shape index (κ1) is 22.1. The molecule has 33 heavy (non-hydrogen) atoms. The lowest BCUT2D eigenvalue weighted by atomic mass is 9.99. The number of aromatic nitrogens is 1. The molecule has 1 unspecified atom stereocenters. The molecule has 1 fully saturated rings. The third-order valence-electron chi connectivity index (χ3n) is 6.07. The van der Waals surface area contributed by atoms with Crippen LogP contribution >= 0.6 is 11.3 Å². The molecule has 1 saturated heterocycles. The summed E-state index contributed by atoms with van der Waals surface area (Å²) in [5.74, 6) is 0.615. The SMILES string of the molecule is Cc1ccc(S(=O)(=O)N2CCCC(C(=O)N=c3sc4cc5c(cc4n3C)OCCO5)C2)cc1. The third kappa shape index (κ3) is 4.18. The molecule has 2 aliphatic rings. The normalized spacial score (nSPS) is 19.7. The molecule has 1 aromatic heterocycles. The topological polar surface area (TPSA) is 90.2 Å². The summed E-state index contributed by atoms with van der Waals surface area (Å²) in [7, 11) is -1.79. The van der Waals surface area contributed by atoms with Crippen molar-refractivity contribution in [2.45, 2.75) is 24.7 Å². The van der Waals surface area contributed by atoms with Crippen LogP contribution in [0.2, 0.25) is 0 Å². The summed E-state index contributed by atoms with van der Waals surface area (Å²) >= 11 is 1.40. The second kappa shape index (κ2) is 8.58. The maximum absolute atomic E-state index is 13.1. The largest absolute Gasteiger partial charge is 0.486 e. The molecule has 174 valence electrons. The van der Waals surface area contributed by atoms with Crippen LogP contribution in [0.5, 0.6) is 11.5 Å². The van der Waals surface area contributed by atoms with Crippen LogP contribution < -0.4 is 14.3 Å². The molecular formula is C23H25N3O5S2. The van der Waals surface area contributed by atoms with Crippen LogP contribution in [0.3, 0.4) is 0 Å². The van der Waals surface area contributed by atoms with E-state index in [1.54, 1.807) is 24.3 Å². The first-order chi connectivity index (χ1) is 15.8. The number of rotatable bonds is 3. The van der Waals surface area contributed by atoms with E-state index < -0.39 is 15.9 Å². The fourth-order valence-corrected chi connectivity index (χ4v) is 6.74. The van der Waals surface area contributed by atoms with Gasteiger partial charge in [0.1, 0.15) is 13.2 Å². The highest BCUT2D eigenvalue weighted by Crippen LogP contribution is 2.35. The van der Waals surface area contributed by atoms with Crippen molar-refractivity contribution in [1.82, 2.24) is 8.87 Å². The van der Waals surface area contributed by atoms with E-state index in [0.717, 1.165) is 15.8 Å². The molecule has 0 aliphatic carbocycles. The number of amides is 1. The van der Waals surface area contributed by atoms with Gasteiger partial charge in [-0.05, 0) is 31.9 Å². The van der Waals surface area contributed by atoms with E-state index in [1.807, 2.05) is 30.7 Å². The van der Waals surface area contributed by atoms with Crippen LogP contribution in [0.25, 0.3) is 10.2 Å². The van der Waals surface area contributed by atoms with Crippen LogP contribution in [-0.2, 0) is 21.9 Å². The van der Waals surface area contributed by atoms with Gasteiger partial charge in [0.05, 0.1) is 21.0 Å². The predicted molar refractivity (Wildman–Crippen MR) is 125 cm³/mol. The van der Waals surface area contributed by atoms with Crippen molar-refractivity contribution in [3.8, 4) is 11.5 Å². The molecule has 1 atom stereocenters. The molecule has 0 saturated carbocycles. The molecule has 0 spiro atoms. The molecule has 3 heterocycles. The minimum atomic E-state index is -3.65. The number of ether oxygens (including phenoxy) is 2. The van der Waals surface area contributed by atoms with Crippen molar-refractivity contribution in [3.05, 3.63) is 46.8 Å². The number of thiazole rings is 1. The number of fused-ring (bicyclic) bond motifs is 2. The quantitative estimate of drug-likeness (QED) is 0.567. The third-order valence-corrected chi connectivity index (χ3v) is 9.05. The number of carbonyl (C=O) groups is 1. The van der Waals surface area contributed by atoms with Crippen molar-refractivity contribution in [2.75, 3.05) is 26.3 Å². The molecule has 3 aromatic rings. The Hall–Kier alpha value is -2.69. The van der Waals surface area contributed by atoms with E-state index in [-0.39, 0.29) is 17.3 Å². The molecule has 2 aliphatic heterocycles. The second-order valence-electron chi connectivity index (χ2n) is 8.37. The van der Waals surface area contributed by atoms with Gasteiger partial charge in [0.15, 0.2) is 16.3 Å². The second-order valence-corrected chi connectivity index (χ2v) is 11.3. The fourth-order valence-electron chi connectivity index (χ4n) is 4.18. The Morgan fingerprint density at radius 2 is 1.82 bits per heavy atom. The highest BCUT2D eigenvalue weighted by Gasteiger charge is 2.33. The van der Waals surface area contributed by atoms with Gasteiger partial charge in [-0.15, -0.1) is 0 Å². The zero-order chi connectivity index (χ0) is 23.2. The molecule has 5 rings (SSSR count). The van der Waals surface area contributed by atoms with Gasteiger partial charge in [-0.1, -0.05) is 29.0 Å². The average Bonchev–Trinajstić information content (AvgIpc) is 3.12. The Labute approximate surface area is 196 Å². The lowest BCUT2D eigenvalue weighted by molar-refractivity contribution is -0.122. The van der Waals surface area contributed by atoms with Crippen molar-refractivity contribution < 1.29 is 22.7 Å². The van der Waals surface area contributed by atoms with E-state index >= 15 is 0 Å². The van der Waals surface area contributed by atoms with Gasteiger partial charge in [0.25, 0.3) is 5.91 Å². The highest BCUT2D eigenvalue weighted by atomic mass is 32.2. The molecule has 0 radical (unpaired) electrons. The summed E-state index contributed by atoms with van der Waals surface area (Å²) in [6, 6.07) is 10.6. The van der Waals surface area contributed by atoms with Gasteiger partial charge in [0, 0.05) is 32.3 Å². The Bertz CT molecular complexity index is 1390. The number of benzene rings is 2. The van der Waals surface area contributed by atoms with Crippen molar-refractivity contribution in [3.63, 3.8) is 0 Å². The highest BCUT2D eigenvalue weighted by molar-refractivity contribution is 7.89. The summed E-state index contributed by atoms with van der Waals surface area (Å²) in [6.07, 6.45) is 1.24. The first-order valence-electron chi connectivity index (χ1n) is 10.9. The zero-order valence-corrected chi connectivity index (χ0v) is 20.1. The van der Waals surface area contributed by atoms with Crippen LogP contribution in [0, 0.1) is 12.8 Å². The number of sulfonamides is 1. The van der Waals surface area contributed by atoms with Gasteiger partial charge >= 0.3 is 0 Å². The predicted octanol–water partition coefficient (Wildman–Crippen LogP) is 2.85. The van der Waals surface area contributed by atoms with Crippen LogP contribution in [0.1, 0.15) is 18.4 Å². The monoisotopic (exact) mass is 487 g/mol. The van der Waals surface area contributed by atoms with Crippen LogP contribution in [0.4, 0.5) is 0 Å². The number of hydrogen-bond acceptors (Lipinski definition) is 6. The van der Waals surface area contributed by atoms with Crippen molar-refractivity contribution in [1.29, 1.82) is 0 Å². The molecule has 8 nitrogen and oxygen atoms in total. The summed E-state index contributed by atoms with van der Waals surface area (Å²) in [5, 5.41) is 0. The summed E-state index contributed by atoms with van der Waals surface area (Å²) in [4.78, 5) is 18.3. The maximum Gasteiger partial charge on any atom is 0.252 e. The Morgan fingerprint density at radius 3 is 2.55 bits per heavy atom. The summed E-state index contributed by atoms with van der Waals surface area (Å²) in [5.41, 5.74) is 1.90. The summed E-state index contributed by atoms with van der Waals surface area (Å²) < 4.78 is 41.7. The lowest BCUT2D eigenvalue weighted by Gasteiger charge is -2.30. The van der Waals surface area contributed by atoms with Gasteiger partial charge in [-0.2, -0.15) is 9.30 Å². The molecular weight excluding hydrogens is 462 g/mol. The Kier molecular flexibility index (Phi) is 5.75. The van der Waals surface area contributed by atoms with Gasteiger partial charge in [0.2, 0.25) is 10.0 Å². The number of hydrogen-bond donors (Lipinski definition) is 0. The molecule has 10 heteroatoms. The van der Waals surface area contributed by atoms with E-state index in [4.69, 9.17) is 9.47 Å². The smallest absolute Gasteiger partial charge is 0.252 e. The standard InChI is InChI=1S/C23H25N3O5S2/c1-15-5-7-17(8-6-15)33(28,29)26-9-3-4-16(14-26)22(27)24-23-25(2)18-12-19-20(13-21(18)32-23)31-11-10-30-19/h5-8,12-13,16H,3-4,9-11,14H2,1-2H3. The summed E-state index contributed by atoms with van der Waals surface area (Å²) in [6.45, 7) is 3.48. The van der Waals surface area contributed by atoms with Gasteiger partial charge < -0.3 is 14.0 Å². The molecule has 1 amide bonds. The molecule has 2 aromatic carbocycles. The lowest BCUT2D eigenvalue weighted by Crippen LogP contribution is -2.42. The number of piperidine rings is 1. The first-order valence-corrected chi connectivity index (χ1v) is 13.1. The van der Waals surface area contributed by atoms with E-state index in [9.17, 15) is 13.2 Å². The number of nitrogens with zero attached hydrogens (tertiary/aromatic N) is 3. The van der Waals surface area contributed by atoms with E-state index in [0.29, 0.717) is 48.9 Å². The minimum Gasteiger partial charge on any atom is -0.486 e. The van der Waals surface area contributed by atoms with Gasteiger partial charge in [-0.3, -0.25) is 4.79 Å². The van der Waals surface area contributed by atoms with E-state index in [2.05, 4.69) is 4.99 Å². The zero-order valence-electron chi connectivity index (χ0n) is 18.5.